The number of oxime groups is 1. The molecule has 6 nitrogen and oxygen atoms in total. The third-order valence-electron chi connectivity index (χ3n) is 2.36. The fourth-order valence-corrected chi connectivity index (χ4v) is 1.70. The number of rotatable bonds is 11. The molecule has 0 aromatic carbocycles. The minimum absolute atomic E-state index is 0.236. The number of hydrogen-bond acceptors (Lipinski definition) is 6. The van der Waals surface area contributed by atoms with Crippen molar-refractivity contribution in [3.63, 3.8) is 0 Å². The number of unbranched alkanes of at least 4 members (excludes halogenated alkanes) is 2. The fraction of sp³-hybridized carbons (Fsp3) is 0.929. The molecule has 0 aromatic heterocycles. The highest BCUT2D eigenvalue weighted by Crippen LogP contribution is 2.07. The summed E-state index contributed by atoms with van der Waals surface area (Å²) in [6, 6.07) is 0. The molecule has 0 aliphatic rings. The Balaban J connectivity index is 3.65. The first-order chi connectivity index (χ1) is 9.64. The van der Waals surface area contributed by atoms with E-state index in [1.54, 1.807) is 0 Å². The lowest BCUT2D eigenvalue weighted by atomic mass is 10.2. The van der Waals surface area contributed by atoms with Gasteiger partial charge in [0.15, 0.2) is 0 Å². The van der Waals surface area contributed by atoms with Crippen molar-refractivity contribution in [2.45, 2.75) is 59.0 Å². The summed E-state index contributed by atoms with van der Waals surface area (Å²) in [6.07, 6.45) is 4.29. The summed E-state index contributed by atoms with van der Waals surface area (Å²) in [5, 5.41) is 4.09. The molecule has 0 radical (unpaired) electrons. The Labute approximate surface area is 129 Å². The average molecular weight is 323 g/mol. The monoisotopic (exact) mass is 323 g/mol. The van der Waals surface area contributed by atoms with Crippen LogP contribution in [0.2, 0.25) is 0 Å². The van der Waals surface area contributed by atoms with Crippen LogP contribution in [0.1, 0.15) is 53.4 Å². The van der Waals surface area contributed by atoms with Crippen LogP contribution in [0.3, 0.4) is 0 Å². The van der Waals surface area contributed by atoms with Gasteiger partial charge in [-0.25, -0.2) is 0 Å². The van der Waals surface area contributed by atoms with Crippen molar-refractivity contribution in [2.24, 2.45) is 5.16 Å². The lowest BCUT2D eigenvalue weighted by Crippen LogP contribution is -2.18. The van der Waals surface area contributed by atoms with Gasteiger partial charge in [-0.15, -0.1) is 0 Å². The fourth-order valence-electron chi connectivity index (χ4n) is 1.28. The molecule has 0 heterocycles. The zero-order chi connectivity index (χ0) is 16.4. The molecule has 0 aromatic rings. The lowest BCUT2D eigenvalue weighted by Gasteiger charge is -2.16. The van der Waals surface area contributed by atoms with Gasteiger partial charge in [-0.3, -0.25) is 4.18 Å². The van der Waals surface area contributed by atoms with Crippen molar-refractivity contribution in [1.29, 1.82) is 0 Å². The first-order valence-corrected chi connectivity index (χ1v) is 9.12. The van der Waals surface area contributed by atoms with E-state index >= 15 is 0 Å². The molecule has 0 aliphatic carbocycles. The third-order valence-corrected chi connectivity index (χ3v) is 2.95. The van der Waals surface area contributed by atoms with Crippen molar-refractivity contribution < 1.29 is 22.2 Å². The molecule has 126 valence electrons. The maximum absolute atomic E-state index is 10.7. The van der Waals surface area contributed by atoms with Crippen LogP contribution < -0.4 is 0 Å². The second-order valence-electron chi connectivity index (χ2n) is 5.85. The number of ether oxygens (including phenoxy) is 1. The van der Waals surface area contributed by atoms with Crippen LogP contribution in [0.4, 0.5) is 0 Å². The first-order valence-electron chi connectivity index (χ1n) is 7.30. The molecule has 7 heteroatoms. The second kappa shape index (κ2) is 10.1. The highest BCUT2D eigenvalue weighted by Gasteiger charge is 2.10. The van der Waals surface area contributed by atoms with Crippen molar-refractivity contribution in [2.75, 3.05) is 26.1 Å². The van der Waals surface area contributed by atoms with Gasteiger partial charge in [0.2, 0.25) is 0 Å². The van der Waals surface area contributed by atoms with Gasteiger partial charge in [-0.2, -0.15) is 8.42 Å². The van der Waals surface area contributed by atoms with Gasteiger partial charge in [0.05, 0.1) is 25.2 Å². The van der Waals surface area contributed by atoms with Crippen LogP contribution in [-0.4, -0.2) is 45.8 Å². The smallest absolute Gasteiger partial charge is 0.264 e. The molecular weight excluding hydrogens is 294 g/mol. The molecule has 0 spiro atoms. The predicted octanol–water partition coefficient (Wildman–Crippen LogP) is 2.73. The molecular formula is C14H29NO5S. The quantitative estimate of drug-likeness (QED) is 0.253. The zero-order valence-corrected chi connectivity index (χ0v) is 14.7. The molecule has 0 bridgehead atoms. The molecule has 0 rings (SSSR count). The largest absolute Gasteiger partial charge is 0.390 e. The molecule has 0 atom stereocenters. The van der Waals surface area contributed by atoms with Crippen LogP contribution in [0.15, 0.2) is 5.16 Å². The van der Waals surface area contributed by atoms with Gasteiger partial charge in [0, 0.05) is 6.61 Å². The Morgan fingerprint density at radius 3 is 2.24 bits per heavy atom. The Hall–Kier alpha value is -0.660. The van der Waals surface area contributed by atoms with E-state index in [-0.39, 0.29) is 12.2 Å². The normalized spacial score (nSPS) is 13.5. The molecule has 0 amide bonds. The van der Waals surface area contributed by atoms with Gasteiger partial charge >= 0.3 is 0 Å². The van der Waals surface area contributed by atoms with E-state index in [0.717, 1.165) is 31.2 Å². The summed E-state index contributed by atoms with van der Waals surface area (Å²) in [7, 11) is -3.32. The Bertz CT molecular complexity index is 398. The molecule has 0 aliphatic heterocycles. The maximum Gasteiger partial charge on any atom is 0.264 e. The third kappa shape index (κ3) is 15.5. The van der Waals surface area contributed by atoms with Gasteiger partial charge in [-0.1, -0.05) is 12.1 Å². The van der Waals surface area contributed by atoms with Gasteiger partial charge in [0.1, 0.15) is 5.60 Å². The van der Waals surface area contributed by atoms with Crippen molar-refractivity contribution in [3.05, 3.63) is 0 Å². The summed E-state index contributed by atoms with van der Waals surface area (Å²) >= 11 is 0. The van der Waals surface area contributed by atoms with Crippen LogP contribution in [-0.2, 0) is 23.9 Å². The molecule has 0 unspecified atom stereocenters. The highest BCUT2D eigenvalue weighted by atomic mass is 32.2. The molecule has 0 fully saturated rings. The van der Waals surface area contributed by atoms with Crippen LogP contribution >= 0.6 is 0 Å². The van der Waals surface area contributed by atoms with Crippen LogP contribution in [0.5, 0.6) is 0 Å². The molecule has 0 N–H and O–H groups in total. The number of nitrogens with zero attached hydrogens (tertiary/aromatic N) is 1. The predicted molar refractivity (Wildman–Crippen MR) is 84.0 cm³/mol. The molecule has 0 saturated heterocycles. The summed E-state index contributed by atoms with van der Waals surface area (Å²) in [5.41, 5.74) is 0.588. The van der Waals surface area contributed by atoms with Crippen LogP contribution in [0.25, 0.3) is 0 Å². The van der Waals surface area contributed by atoms with E-state index in [1.807, 2.05) is 27.7 Å². The highest BCUT2D eigenvalue weighted by molar-refractivity contribution is 7.85. The Morgan fingerprint density at radius 1 is 1.10 bits per heavy atom. The summed E-state index contributed by atoms with van der Waals surface area (Å²) in [6.45, 7) is 9.17. The minimum Gasteiger partial charge on any atom is -0.390 e. The van der Waals surface area contributed by atoms with Gasteiger partial charge in [-0.05, 0) is 46.5 Å². The van der Waals surface area contributed by atoms with E-state index in [4.69, 9.17) is 9.57 Å². The lowest BCUT2D eigenvalue weighted by molar-refractivity contribution is -0.000917. The standard InChI is InChI=1S/C14H29NO5S/c1-6-13(15-20-14(2,3)4)12-18-10-8-7-9-11-19-21(5,16)17/h6-12H2,1-5H3/b15-13+. The topological polar surface area (TPSA) is 74.2 Å². The minimum atomic E-state index is -3.32. The van der Waals surface area contributed by atoms with E-state index in [0.29, 0.717) is 19.6 Å². The summed E-state index contributed by atoms with van der Waals surface area (Å²) in [4.78, 5) is 5.36. The first kappa shape index (κ1) is 20.3. The van der Waals surface area contributed by atoms with E-state index in [9.17, 15) is 8.42 Å². The van der Waals surface area contributed by atoms with Crippen molar-refractivity contribution in [3.8, 4) is 0 Å². The van der Waals surface area contributed by atoms with Crippen LogP contribution in [0, 0.1) is 0 Å². The zero-order valence-electron chi connectivity index (χ0n) is 13.8. The Morgan fingerprint density at radius 2 is 1.71 bits per heavy atom. The summed E-state index contributed by atoms with van der Waals surface area (Å²) < 4.78 is 31.6. The molecule has 21 heavy (non-hydrogen) atoms. The summed E-state index contributed by atoms with van der Waals surface area (Å²) in [5.74, 6) is 0. The average Bonchev–Trinajstić information content (AvgIpc) is 2.33. The van der Waals surface area contributed by atoms with E-state index in [1.165, 1.54) is 0 Å². The SMILES string of the molecule is CC/C(COCCCCCOS(C)(=O)=O)=N\OC(C)(C)C. The van der Waals surface area contributed by atoms with Gasteiger partial charge < -0.3 is 9.57 Å². The van der Waals surface area contributed by atoms with E-state index in [2.05, 4.69) is 9.34 Å². The Kier molecular flexibility index (Phi) is 9.81. The van der Waals surface area contributed by atoms with Crippen molar-refractivity contribution >= 4 is 15.8 Å². The van der Waals surface area contributed by atoms with E-state index < -0.39 is 10.1 Å². The number of hydrogen-bond donors (Lipinski definition) is 0. The maximum atomic E-state index is 10.7. The van der Waals surface area contributed by atoms with Gasteiger partial charge in [0.25, 0.3) is 10.1 Å². The molecule has 0 saturated carbocycles. The second-order valence-corrected chi connectivity index (χ2v) is 7.50. The van der Waals surface area contributed by atoms with Crippen molar-refractivity contribution in [1.82, 2.24) is 0 Å².